The zero-order valence-corrected chi connectivity index (χ0v) is 18.4. The molecule has 31 heavy (non-hydrogen) atoms. The summed E-state index contributed by atoms with van der Waals surface area (Å²) in [5.41, 5.74) is 1.48. The molecule has 0 aliphatic carbocycles. The molecule has 2 amide bonds. The molecule has 0 aromatic heterocycles. The number of ether oxygens (including phenoxy) is 2. The van der Waals surface area contributed by atoms with Crippen molar-refractivity contribution in [1.29, 1.82) is 0 Å². The molecule has 0 unspecified atom stereocenters. The Morgan fingerprint density at radius 3 is 2.68 bits per heavy atom. The van der Waals surface area contributed by atoms with Crippen molar-refractivity contribution in [1.82, 2.24) is 10.2 Å². The third-order valence-electron chi connectivity index (χ3n) is 4.79. The predicted octanol–water partition coefficient (Wildman–Crippen LogP) is 3.46. The monoisotopic (exact) mass is 441 g/mol. The Morgan fingerprint density at radius 1 is 1.13 bits per heavy atom. The number of carbonyl (C=O) groups excluding carboxylic acids is 2. The lowest BCUT2D eigenvalue weighted by Gasteiger charge is -2.27. The van der Waals surface area contributed by atoms with E-state index >= 15 is 0 Å². The molecule has 8 heteroatoms. The topological polar surface area (TPSA) is 79.9 Å². The number of benzene rings is 2. The van der Waals surface area contributed by atoms with Gasteiger partial charge in [-0.05, 0) is 49.0 Å². The van der Waals surface area contributed by atoms with Gasteiger partial charge in [0.1, 0.15) is 5.75 Å². The minimum atomic E-state index is -0.351. The maximum absolute atomic E-state index is 12.9. The van der Waals surface area contributed by atoms with Crippen LogP contribution in [0.15, 0.2) is 48.5 Å². The lowest BCUT2D eigenvalue weighted by Crippen LogP contribution is -2.41. The third kappa shape index (κ3) is 6.50. The first-order valence-electron chi connectivity index (χ1n) is 10.4. The van der Waals surface area contributed by atoms with Crippen LogP contribution >= 0.6 is 12.2 Å². The first kappa shape index (κ1) is 22.7. The van der Waals surface area contributed by atoms with E-state index in [4.69, 9.17) is 21.7 Å². The van der Waals surface area contributed by atoms with Crippen molar-refractivity contribution in [2.45, 2.75) is 19.8 Å². The number of unbranched alkanes of at least 4 members (excludes halogenated alkanes) is 1. The molecule has 2 N–H and O–H groups in total. The first-order chi connectivity index (χ1) is 15.1. The van der Waals surface area contributed by atoms with Crippen LogP contribution in [0.3, 0.4) is 0 Å². The molecule has 0 spiro atoms. The van der Waals surface area contributed by atoms with Gasteiger partial charge >= 0.3 is 0 Å². The summed E-state index contributed by atoms with van der Waals surface area (Å²) >= 11 is 5.31. The number of para-hydroxylation sites is 1. The average molecular weight is 442 g/mol. The second-order valence-corrected chi connectivity index (χ2v) is 7.50. The Bertz CT molecular complexity index is 929. The van der Waals surface area contributed by atoms with Crippen LogP contribution in [0.5, 0.6) is 5.75 Å². The van der Waals surface area contributed by atoms with Gasteiger partial charge in [0.05, 0.1) is 31.1 Å². The second-order valence-electron chi connectivity index (χ2n) is 7.09. The summed E-state index contributed by atoms with van der Waals surface area (Å²) in [6, 6.07) is 14.1. The van der Waals surface area contributed by atoms with E-state index < -0.39 is 0 Å². The number of rotatable bonds is 7. The normalized spacial score (nSPS) is 13.4. The molecule has 1 fully saturated rings. The van der Waals surface area contributed by atoms with Crippen LogP contribution in [-0.2, 0) is 4.74 Å². The molecule has 2 aromatic carbocycles. The van der Waals surface area contributed by atoms with Crippen LogP contribution < -0.4 is 15.4 Å². The summed E-state index contributed by atoms with van der Waals surface area (Å²) in [6.45, 7) is 4.84. The Kier molecular flexibility index (Phi) is 8.37. The zero-order chi connectivity index (χ0) is 22.1. The van der Waals surface area contributed by atoms with Gasteiger partial charge in [-0.25, -0.2) is 0 Å². The molecule has 0 saturated carbocycles. The number of thiocarbonyl (C=S) groups is 1. The van der Waals surface area contributed by atoms with Crippen molar-refractivity contribution in [3.63, 3.8) is 0 Å². The van der Waals surface area contributed by atoms with Gasteiger partial charge in [0.2, 0.25) is 0 Å². The number of amides is 2. The van der Waals surface area contributed by atoms with E-state index in [-0.39, 0.29) is 16.9 Å². The number of anilines is 1. The van der Waals surface area contributed by atoms with E-state index in [2.05, 4.69) is 17.6 Å². The van der Waals surface area contributed by atoms with E-state index in [1.165, 1.54) is 0 Å². The van der Waals surface area contributed by atoms with Crippen LogP contribution in [0, 0.1) is 0 Å². The highest BCUT2D eigenvalue weighted by Crippen LogP contribution is 2.18. The van der Waals surface area contributed by atoms with Crippen LogP contribution in [0.25, 0.3) is 0 Å². The minimum absolute atomic E-state index is 0.0996. The van der Waals surface area contributed by atoms with Gasteiger partial charge < -0.3 is 19.7 Å². The fourth-order valence-corrected chi connectivity index (χ4v) is 3.31. The lowest BCUT2D eigenvalue weighted by molar-refractivity contribution is 0.0303. The maximum Gasteiger partial charge on any atom is 0.257 e. The first-order valence-corrected chi connectivity index (χ1v) is 10.8. The molecule has 7 nitrogen and oxygen atoms in total. The molecule has 1 saturated heterocycles. The summed E-state index contributed by atoms with van der Waals surface area (Å²) in [6.07, 6.45) is 1.99. The van der Waals surface area contributed by atoms with E-state index in [1.807, 2.05) is 6.07 Å². The van der Waals surface area contributed by atoms with Gasteiger partial charge in [-0.2, -0.15) is 0 Å². The van der Waals surface area contributed by atoms with E-state index in [1.54, 1.807) is 47.4 Å². The van der Waals surface area contributed by atoms with Crippen molar-refractivity contribution in [3.05, 3.63) is 59.7 Å². The fraction of sp³-hybridized carbons (Fsp3) is 0.348. The molecule has 0 atom stereocenters. The summed E-state index contributed by atoms with van der Waals surface area (Å²) in [5.74, 6) is 0.189. The second kappa shape index (κ2) is 11.4. The van der Waals surface area contributed by atoms with Gasteiger partial charge in [0.15, 0.2) is 5.11 Å². The Hall–Kier alpha value is -2.97. The van der Waals surface area contributed by atoms with Crippen LogP contribution in [-0.4, -0.2) is 54.7 Å². The number of hydrogen-bond acceptors (Lipinski definition) is 5. The van der Waals surface area contributed by atoms with Crippen LogP contribution in [0.1, 0.15) is 40.5 Å². The van der Waals surface area contributed by atoms with Crippen LogP contribution in [0.4, 0.5) is 5.69 Å². The molecule has 1 aliphatic heterocycles. The van der Waals surface area contributed by atoms with Crippen molar-refractivity contribution in [2.24, 2.45) is 0 Å². The van der Waals surface area contributed by atoms with Gasteiger partial charge in [-0.15, -0.1) is 0 Å². The molecule has 0 bridgehead atoms. The largest absolute Gasteiger partial charge is 0.494 e. The third-order valence-corrected chi connectivity index (χ3v) is 5.00. The summed E-state index contributed by atoms with van der Waals surface area (Å²) in [5, 5.41) is 5.76. The highest BCUT2D eigenvalue weighted by molar-refractivity contribution is 7.80. The molecule has 1 aliphatic rings. The van der Waals surface area contributed by atoms with Crippen molar-refractivity contribution in [2.75, 3.05) is 38.2 Å². The van der Waals surface area contributed by atoms with Crippen LogP contribution in [0.2, 0.25) is 0 Å². The van der Waals surface area contributed by atoms with Crippen molar-refractivity contribution >= 4 is 34.8 Å². The molecule has 0 radical (unpaired) electrons. The summed E-state index contributed by atoms with van der Waals surface area (Å²) < 4.78 is 11.0. The predicted molar refractivity (Wildman–Crippen MR) is 124 cm³/mol. The van der Waals surface area contributed by atoms with Crippen molar-refractivity contribution < 1.29 is 19.1 Å². The quantitative estimate of drug-likeness (QED) is 0.506. The number of hydrogen-bond donors (Lipinski definition) is 2. The summed E-state index contributed by atoms with van der Waals surface area (Å²) in [4.78, 5) is 27.2. The molecule has 3 rings (SSSR count). The van der Waals surface area contributed by atoms with E-state index in [9.17, 15) is 9.59 Å². The summed E-state index contributed by atoms with van der Waals surface area (Å²) in [7, 11) is 0. The lowest BCUT2D eigenvalue weighted by atomic mass is 10.1. The number of nitrogens with zero attached hydrogens (tertiary/aromatic N) is 1. The minimum Gasteiger partial charge on any atom is -0.494 e. The Labute approximate surface area is 187 Å². The number of morpholine rings is 1. The zero-order valence-electron chi connectivity index (χ0n) is 17.6. The maximum atomic E-state index is 12.9. The smallest absolute Gasteiger partial charge is 0.257 e. The highest BCUT2D eigenvalue weighted by Gasteiger charge is 2.21. The highest BCUT2D eigenvalue weighted by atomic mass is 32.1. The number of nitrogens with one attached hydrogen (secondary N) is 2. The van der Waals surface area contributed by atoms with Gasteiger partial charge in [-0.1, -0.05) is 31.5 Å². The Balaban J connectivity index is 1.63. The van der Waals surface area contributed by atoms with E-state index in [0.29, 0.717) is 55.5 Å². The molecule has 2 aromatic rings. The van der Waals surface area contributed by atoms with Gasteiger partial charge in [0, 0.05) is 18.7 Å². The molecular weight excluding hydrogens is 414 g/mol. The van der Waals surface area contributed by atoms with Gasteiger partial charge in [0.25, 0.3) is 11.8 Å². The molecular formula is C23H27N3O4S. The molecule has 1 heterocycles. The average Bonchev–Trinajstić information content (AvgIpc) is 2.80. The standard InChI is InChI=1S/C23H27N3O4S/c1-2-3-13-30-18-8-6-7-17(16-18)21(27)25-23(31)24-20-10-5-4-9-19(20)22(28)26-11-14-29-15-12-26/h4-10,16H,2-3,11-15H2,1H3,(H2,24,25,27,31). The van der Waals surface area contributed by atoms with Crippen molar-refractivity contribution in [3.8, 4) is 5.75 Å². The SMILES string of the molecule is CCCCOc1cccc(C(=O)NC(=S)Nc2ccccc2C(=O)N2CCOCC2)c1. The van der Waals surface area contributed by atoms with Gasteiger partial charge in [-0.3, -0.25) is 14.9 Å². The Morgan fingerprint density at radius 2 is 1.90 bits per heavy atom. The number of carbonyl (C=O) groups is 2. The molecule has 164 valence electrons. The fourth-order valence-electron chi connectivity index (χ4n) is 3.11. The van der Waals surface area contributed by atoms with E-state index in [0.717, 1.165) is 12.8 Å².